The van der Waals surface area contributed by atoms with Crippen LogP contribution in [0.25, 0.3) is 0 Å². The van der Waals surface area contributed by atoms with Crippen molar-refractivity contribution in [2.45, 2.75) is 26.3 Å². The van der Waals surface area contributed by atoms with Gasteiger partial charge in [0.15, 0.2) is 0 Å². The van der Waals surface area contributed by atoms with E-state index >= 15 is 0 Å². The molecule has 0 aliphatic carbocycles. The lowest BCUT2D eigenvalue weighted by atomic mass is 10.0. The van der Waals surface area contributed by atoms with Crippen molar-refractivity contribution >= 4 is 23.3 Å². The Morgan fingerprint density at radius 2 is 2.12 bits per heavy atom. The molecular weight excluding hydrogens is 320 g/mol. The Balaban J connectivity index is 1.89. The van der Waals surface area contributed by atoms with Gasteiger partial charge in [-0.3, -0.25) is 10.1 Å². The summed E-state index contributed by atoms with van der Waals surface area (Å²) in [6.07, 6.45) is 2.21. The fraction of sp³-hybridized carbons (Fsp3) is 0.412. The molecule has 1 aliphatic heterocycles. The smallest absolute Gasteiger partial charge is 0.353 e. The minimum absolute atomic E-state index is 0.108. The fourth-order valence-electron chi connectivity index (χ4n) is 3.06. The van der Waals surface area contributed by atoms with E-state index in [1.165, 1.54) is 0 Å². The number of nitro groups is 1. The zero-order valence-corrected chi connectivity index (χ0v) is 14.2. The van der Waals surface area contributed by atoms with Gasteiger partial charge in [-0.15, -0.1) is 0 Å². The zero-order valence-electron chi connectivity index (χ0n) is 14.2. The highest BCUT2D eigenvalue weighted by Crippen LogP contribution is 2.31. The summed E-state index contributed by atoms with van der Waals surface area (Å²) < 4.78 is 0. The molecule has 1 aromatic carbocycles. The highest BCUT2D eigenvalue weighted by Gasteiger charge is 2.26. The molecule has 0 saturated carbocycles. The number of hydrogen-bond donors (Lipinski definition) is 2. The van der Waals surface area contributed by atoms with Crippen molar-refractivity contribution in [3.63, 3.8) is 0 Å². The zero-order chi connectivity index (χ0) is 17.8. The Hall–Kier alpha value is -2.90. The van der Waals surface area contributed by atoms with Gasteiger partial charge in [0.05, 0.1) is 4.92 Å². The number of anilines is 3. The molecule has 3 rings (SSSR count). The van der Waals surface area contributed by atoms with Crippen LogP contribution in [-0.4, -0.2) is 28.0 Å². The lowest BCUT2D eigenvalue weighted by Crippen LogP contribution is -2.35. The summed E-state index contributed by atoms with van der Waals surface area (Å²) >= 11 is 0. The molecule has 1 atom stereocenters. The van der Waals surface area contributed by atoms with E-state index in [0.29, 0.717) is 18.4 Å². The van der Waals surface area contributed by atoms with Crippen LogP contribution in [0.2, 0.25) is 0 Å². The molecule has 0 bridgehead atoms. The van der Waals surface area contributed by atoms with Crippen LogP contribution in [0.4, 0.5) is 23.3 Å². The quantitative estimate of drug-likeness (QED) is 0.635. The summed E-state index contributed by atoms with van der Waals surface area (Å²) in [7, 11) is 0. The maximum Gasteiger partial charge on any atom is 0.353 e. The van der Waals surface area contributed by atoms with Gasteiger partial charge in [0, 0.05) is 19.6 Å². The van der Waals surface area contributed by atoms with E-state index in [0.717, 1.165) is 31.5 Å². The fourth-order valence-corrected chi connectivity index (χ4v) is 3.06. The molecule has 0 radical (unpaired) electrons. The average molecular weight is 342 g/mol. The van der Waals surface area contributed by atoms with Gasteiger partial charge < -0.3 is 16.0 Å². The van der Waals surface area contributed by atoms with Gasteiger partial charge in [0.1, 0.15) is 0 Å². The molecule has 1 aliphatic rings. The van der Waals surface area contributed by atoms with Crippen molar-refractivity contribution < 1.29 is 4.92 Å². The predicted octanol–water partition coefficient (Wildman–Crippen LogP) is 2.82. The Bertz CT molecular complexity index is 752. The molecule has 2 heterocycles. The number of nitrogen functional groups attached to an aromatic ring is 1. The SMILES string of the molecule is CC1CCCN(c2nc(N)c([N+](=O)[O-])c(NCc3ccccc3)n2)C1. The van der Waals surface area contributed by atoms with Crippen molar-refractivity contribution in [1.82, 2.24) is 9.97 Å². The monoisotopic (exact) mass is 342 g/mol. The van der Waals surface area contributed by atoms with E-state index in [2.05, 4.69) is 22.2 Å². The lowest BCUT2D eigenvalue weighted by Gasteiger charge is -2.31. The first-order chi connectivity index (χ1) is 12.0. The van der Waals surface area contributed by atoms with Crippen LogP contribution < -0.4 is 16.0 Å². The van der Waals surface area contributed by atoms with Gasteiger partial charge in [-0.05, 0) is 24.3 Å². The molecule has 1 unspecified atom stereocenters. The molecule has 8 nitrogen and oxygen atoms in total. The maximum atomic E-state index is 11.4. The third kappa shape index (κ3) is 3.96. The van der Waals surface area contributed by atoms with Crippen molar-refractivity contribution in [2.75, 3.05) is 29.0 Å². The Morgan fingerprint density at radius 1 is 1.36 bits per heavy atom. The van der Waals surface area contributed by atoms with Crippen LogP contribution in [-0.2, 0) is 6.54 Å². The third-order valence-electron chi connectivity index (χ3n) is 4.32. The number of nitrogens with two attached hydrogens (primary N) is 1. The predicted molar refractivity (Wildman–Crippen MR) is 97.5 cm³/mol. The number of nitrogens with one attached hydrogen (secondary N) is 1. The molecule has 1 aromatic heterocycles. The largest absolute Gasteiger partial charge is 0.378 e. The van der Waals surface area contributed by atoms with Gasteiger partial charge in [0.25, 0.3) is 0 Å². The molecule has 2 aromatic rings. The minimum atomic E-state index is -0.536. The number of nitrogens with zero attached hydrogens (tertiary/aromatic N) is 4. The summed E-state index contributed by atoms with van der Waals surface area (Å²) in [5, 5.41) is 14.4. The van der Waals surface area contributed by atoms with Gasteiger partial charge >= 0.3 is 5.69 Å². The van der Waals surface area contributed by atoms with E-state index in [1.807, 2.05) is 35.2 Å². The Kier molecular flexibility index (Phi) is 4.97. The normalized spacial score (nSPS) is 17.3. The second kappa shape index (κ2) is 7.33. The van der Waals surface area contributed by atoms with Gasteiger partial charge in [-0.25, -0.2) is 0 Å². The van der Waals surface area contributed by atoms with Gasteiger partial charge in [-0.2, -0.15) is 9.97 Å². The van der Waals surface area contributed by atoms with Crippen LogP contribution >= 0.6 is 0 Å². The van der Waals surface area contributed by atoms with Crippen molar-refractivity contribution in [3.05, 3.63) is 46.0 Å². The summed E-state index contributed by atoms with van der Waals surface area (Å²) in [6, 6.07) is 9.64. The van der Waals surface area contributed by atoms with E-state index in [1.54, 1.807) is 0 Å². The topological polar surface area (TPSA) is 110 Å². The number of benzene rings is 1. The molecular formula is C17H22N6O2. The van der Waals surface area contributed by atoms with E-state index in [4.69, 9.17) is 5.73 Å². The van der Waals surface area contributed by atoms with Gasteiger partial charge in [-0.1, -0.05) is 37.3 Å². The first-order valence-corrected chi connectivity index (χ1v) is 8.39. The van der Waals surface area contributed by atoms with Crippen LogP contribution in [0, 0.1) is 16.0 Å². The molecule has 0 amide bonds. The van der Waals surface area contributed by atoms with Crippen LogP contribution in [0.5, 0.6) is 0 Å². The van der Waals surface area contributed by atoms with Crippen molar-refractivity contribution in [3.8, 4) is 0 Å². The molecule has 25 heavy (non-hydrogen) atoms. The number of hydrogen-bond acceptors (Lipinski definition) is 7. The van der Waals surface area contributed by atoms with E-state index in [9.17, 15) is 10.1 Å². The molecule has 132 valence electrons. The first kappa shape index (κ1) is 16.9. The van der Waals surface area contributed by atoms with Crippen LogP contribution in [0.1, 0.15) is 25.3 Å². The summed E-state index contributed by atoms with van der Waals surface area (Å²) in [5.74, 6) is 1.04. The maximum absolute atomic E-state index is 11.4. The molecule has 3 N–H and O–H groups in total. The first-order valence-electron chi connectivity index (χ1n) is 8.39. The lowest BCUT2D eigenvalue weighted by molar-refractivity contribution is -0.383. The molecule has 1 saturated heterocycles. The Labute approximate surface area is 146 Å². The Morgan fingerprint density at radius 3 is 2.80 bits per heavy atom. The number of piperidine rings is 1. The number of aromatic nitrogens is 2. The summed E-state index contributed by atoms with van der Waals surface area (Å²) in [4.78, 5) is 21.5. The van der Waals surface area contributed by atoms with E-state index in [-0.39, 0.29) is 17.3 Å². The standard InChI is InChI=1S/C17H22N6O2/c1-12-6-5-9-22(11-12)17-20-15(18)14(23(24)25)16(21-17)19-10-13-7-3-2-4-8-13/h2-4,7-8,12H,5-6,9-11H2,1H3,(H3,18,19,20,21). The second-order valence-electron chi connectivity index (χ2n) is 6.40. The van der Waals surface area contributed by atoms with Crippen molar-refractivity contribution in [2.24, 2.45) is 5.92 Å². The molecule has 1 fully saturated rings. The summed E-state index contributed by atoms with van der Waals surface area (Å²) in [5.41, 5.74) is 6.60. The van der Waals surface area contributed by atoms with Crippen molar-refractivity contribution in [1.29, 1.82) is 0 Å². The van der Waals surface area contributed by atoms with Gasteiger partial charge in [0.2, 0.25) is 17.6 Å². The second-order valence-corrected chi connectivity index (χ2v) is 6.40. The van der Waals surface area contributed by atoms with Crippen LogP contribution in [0.15, 0.2) is 30.3 Å². The summed E-state index contributed by atoms with van der Waals surface area (Å²) in [6.45, 7) is 4.26. The molecule has 0 spiro atoms. The molecule has 8 heteroatoms. The number of rotatable bonds is 5. The third-order valence-corrected chi connectivity index (χ3v) is 4.32. The highest BCUT2D eigenvalue weighted by molar-refractivity contribution is 5.70. The average Bonchev–Trinajstić information content (AvgIpc) is 2.60. The highest BCUT2D eigenvalue weighted by atomic mass is 16.6. The van der Waals surface area contributed by atoms with Crippen LogP contribution in [0.3, 0.4) is 0 Å². The van der Waals surface area contributed by atoms with E-state index < -0.39 is 4.92 Å². The minimum Gasteiger partial charge on any atom is -0.378 e.